The van der Waals surface area contributed by atoms with Gasteiger partial charge in [-0.05, 0) is 49.8 Å². The zero-order valence-corrected chi connectivity index (χ0v) is 13.0. The average molecular weight is 286 g/mol. The number of hydrogen-bond acceptors (Lipinski definition) is 2. The van der Waals surface area contributed by atoms with Crippen LogP contribution in [0.15, 0.2) is 0 Å². The van der Waals surface area contributed by atoms with Gasteiger partial charge in [0.1, 0.15) is 11.6 Å². The van der Waals surface area contributed by atoms with Crippen LogP contribution >= 0.6 is 15.8 Å². The van der Waals surface area contributed by atoms with Crippen LogP contribution < -0.4 is 0 Å². The fourth-order valence-electron chi connectivity index (χ4n) is 2.72. The molecule has 0 bridgehead atoms. The van der Waals surface area contributed by atoms with Crippen LogP contribution in [0.5, 0.6) is 0 Å². The molecule has 18 heavy (non-hydrogen) atoms. The van der Waals surface area contributed by atoms with Gasteiger partial charge < -0.3 is 0 Å². The number of unbranched alkanes of at least 4 members (excludes halogenated alkanes) is 1. The van der Waals surface area contributed by atoms with Crippen LogP contribution in [0.2, 0.25) is 0 Å². The summed E-state index contributed by atoms with van der Waals surface area (Å²) in [6.07, 6.45) is 13.8. The second-order valence-electron chi connectivity index (χ2n) is 5.47. The van der Waals surface area contributed by atoms with E-state index in [1.54, 1.807) is 0 Å². The Balaban J connectivity index is 1.51. The van der Waals surface area contributed by atoms with Crippen molar-refractivity contribution < 1.29 is 9.59 Å². The van der Waals surface area contributed by atoms with E-state index in [9.17, 15) is 9.59 Å². The number of ketones is 2. The minimum atomic E-state index is 0.198. The number of rotatable bonds is 5. The Kier molecular flexibility index (Phi) is 6.25. The van der Waals surface area contributed by atoms with Gasteiger partial charge in [0.25, 0.3) is 0 Å². The van der Waals surface area contributed by atoms with Gasteiger partial charge in [-0.25, -0.2) is 0 Å². The fourth-order valence-corrected chi connectivity index (χ4v) is 7.67. The Morgan fingerprint density at radius 3 is 1.33 bits per heavy atom. The Morgan fingerprint density at radius 1 is 0.667 bits per heavy atom. The van der Waals surface area contributed by atoms with E-state index in [1.807, 2.05) is 0 Å². The lowest BCUT2D eigenvalue weighted by atomic mass is 10.2. The molecule has 0 aromatic heterocycles. The van der Waals surface area contributed by atoms with E-state index in [0.29, 0.717) is 11.6 Å². The first-order chi connectivity index (χ1) is 8.74. The van der Waals surface area contributed by atoms with Crippen LogP contribution in [0, 0.1) is 0 Å². The van der Waals surface area contributed by atoms with Crippen molar-refractivity contribution in [3.05, 3.63) is 0 Å². The Hall–Kier alpha value is 0.200. The monoisotopic (exact) mass is 286 g/mol. The summed E-state index contributed by atoms with van der Waals surface area (Å²) < 4.78 is 0. The number of hydrogen-bond donors (Lipinski definition) is 0. The first-order valence-corrected chi connectivity index (χ1v) is 11.0. The van der Waals surface area contributed by atoms with Crippen LogP contribution in [0.3, 0.4) is 0 Å². The molecule has 0 aromatic carbocycles. The number of Topliss-reactive ketones (excluding diaryl/α,β-unsaturated/α-hetero) is 2. The summed E-state index contributed by atoms with van der Waals surface area (Å²) >= 11 is 0. The highest BCUT2D eigenvalue weighted by Gasteiger charge is 2.19. The summed E-state index contributed by atoms with van der Waals surface area (Å²) in [6, 6.07) is 0. The molecule has 2 aliphatic rings. The van der Waals surface area contributed by atoms with Crippen molar-refractivity contribution >= 4 is 27.4 Å². The lowest BCUT2D eigenvalue weighted by Crippen LogP contribution is -2.13. The lowest BCUT2D eigenvalue weighted by molar-refractivity contribution is -0.119. The van der Waals surface area contributed by atoms with Crippen LogP contribution in [-0.4, -0.2) is 48.5 Å². The second kappa shape index (κ2) is 7.71. The van der Waals surface area contributed by atoms with Crippen LogP contribution in [0.25, 0.3) is 0 Å². The standard InChI is InChI=1S/C14H24O2P2/c15-13-3-9-17(10-4-13)7-1-2-8-18-11-5-14(16)6-12-18/h1-12H2. The van der Waals surface area contributed by atoms with Crippen molar-refractivity contribution in [3.63, 3.8) is 0 Å². The smallest absolute Gasteiger partial charge is 0.133 e. The fraction of sp³-hybridized carbons (Fsp3) is 0.857. The van der Waals surface area contributed by atoms with Crippen LogP contribution in [0.4, 0.5) is 0 Å². The molecule has 2 heterocycles. The minimum absolute atomic E-state index is 0.198. The normalized spacial score (nSPS) is 23.6. The molecule has 0 saturated carbocycles. The summed E-state index contributed by atoms with van der Waals surface area (Å²) in [5, 5.41) is 0. The molecule has 2 rings (SSSR count). The predicted molar refractivity (Wildman–Crippen MR) is 80.8 cm³/mol. The van der Waals surface area contributed by atoms with Gasteiger partial charge in [-0.1, -0.05) is 0 Å². The molecular weight excluding hydrogens is 262 g/mol. The van der Waals surface area contributed by atoms with Crippen molar-refractivity contribution in [2.75, 3.05) is 37.0 Å². The Morgan fingerprint density at radius 2 is 1.00 bits per heavy atom. The topological polar surface area (TPSA) is 34.1 Å². The molecule has 0 amide bonds. The van der Waals surface area contributed by atoms with Crippen LogP contribution in [-0.2, 0) is 9.59 Å². The average Bonchev–Trinajstić information content (AvgIpc) is 2.39. The lowest BCUT2D eigenvalue weighted by Gasteiger charge is -2.23. The van der Waals surface area contributed by atoms with E-state index < -0.39 is 0 Å². The van der Waals surface area contributed by atoms with E-state index in [2.05, 4.69) is 0 Å². The van der Waals surface area contributed by atoms with E-state index in [0.717, 1.165) is 25.7 Å². The molecule has 0 aliphatic carbocycles. The second-order valence-corrected chi connectivity index (χ2v) is 10.8. The molecule has 102 valence electrons. The molecule has 0 spiro atoms. The highest BCUT2D eigenvalue weighted by Crippen LogP contribution is 2.44. The predicted octanol–water partition coefficient (Wildman–Crippen LogP) is 3.46. The summed E-state index contributed by atoms with van der Waals surface area (Å²) in [4.78, 5) is 22.3. The summed E-state index contributed by atoms with van der Waals surface area (Å²) in [5.74, 6) is 0.980. The molecule has 0 N–H and O–H groups in total. The zero-order chi connectivity index (χ0) is 12.8. The third kappa shape index (κ3) is 5.06. The van der Waals surface area contributed by atoms with E-state index in [-0.39, 0.29) is 15.8 Å². The van der Waals surface area contributed by atoms with Gasteiger partial charge in [0, 0.05) is 25.7 Å². The molecule has 0 aromatic rings. The molecule has 0 atom stereocenters. The molecule has 4 heteroatoms. The highest BCUT2D eigenvalue weighted by atomic mass is 31.1. The van der Waals surface area contributed by atoms with Crippen molar-refractivity contribution in [2.24, 2.45) is 0 Å². The van der Waals surface area contributed by atoms with Crippen LogP contribution in [0.1, 0.15) is 38.5 Å². The quantitative estimate of drug-likeness (QED) is 0.573. The first-order valence-electron chi connectivity index (χ1n) is 7.22. The summed E-state index contributed by atoms with van der Waals surface area (Å²) in [7, 11) is 0.395. The molecule has 0 radical (unpaired) electrons. The number of carbonyl (C=O) groups is 2. The van der Waals surface area contributed by atoms with Crippen molar-refractivity contribution in [1.82, 2.24) is 0 Å². The van der Waals surface area contributed by atoms with Crippen molar-refractivity contribution in [1.29, 1.82) is 0 Å². The van der Waals surface area contributed by atoms with Gasteiger partial charge in [0.15, 0.2) is 0 Å². The Bertz CT molecular complexity index is 254. The van der Waals surface area contributed by atoms with E-state index in [1.165, 1.54) is 49.8 Å². The maximum absolute atomic E-state index is 11.2. The Labute approximate surface area is 113 Å². The minimum Gasteiger partial charge on any atom is -0.300 e. The SMILES string of the molecule is O=C1CCP(CCCCP2CCC(=O)CC2)CC1. The van der Waals surface area contributed by atoms with Crippen molar-refractivity contribution in [3.8, 4) is 0 Å². The summed E-state index contributed by atoms with van der Waals surface area (Å²) in [5.41, 5.74) is 0. The maximum atomic E-state index is 11.2. The zero-order valence-electron chi connectivity index (χ0n) is 11.2. The van der Waals surface area contributed by atoms with Gasteiger partial charge >= 0.3 is 0 Å². The maximum Gasteiger partial charge on any atom is 0.133 e. The highest BCUT2D eigenvalue weighted by molar-refractivity contribution is 7.58. The first kappa shape index (κ1) is 14.6. The summed E-state index contributed by atoms with van der Waals surface area (Å²) in [6.45, 7) is 0. The van der Waals surface area contributed by atoms with E-state index in [4.69, 9.17) is 0 Å². The molecule has 2 fully saturated rings. The molecule has 0 unspecified atom stereocenters. The molecule has 2 saturated heterocycles. The molecule has 2 nitrogen and oxygen atoms in total. The van der Waals surface area contributed by atoms with Gasteiger partial charge in [-0.3, -0.25) is 9.59 Å². The third-order valence-electron chi connectivity index (χ3n) is 4.03. The van der Waals surface area contributed by atoms with E-state index >= 15 is 0 Å². The number of carbonyl (C=O) groups excluding carboxylic acids is 2. The van der Waals surface area contributed by atoms with Gasteiger partial charge in [0.2, 0.25) is 0 Å². The van der Waals surface area contributed by atoms with Gasteiger partial charge in [-0.2, -0.15) is 0 Å². The molecule has 2 aliphatic heterocycles. The third-order valence-corrected chi connectivity index (χ3v) is 9.35. The van der Waals surface area contributed by atoms with Gasteiger partial charge in [-0.15, -0.1) is 15.8 Å². The van der Waals surface area contributed by atoms with Crippen molar-refractivity contribution in [2.45, 2.75) is 38.5 Å². The van der Waals surface area contributed by atoms with Gasteiger partial charge in [0.05, 0.1) is 0 Å². The molecular formula is C14H24O2P2. The largest absolute Gasteiger partial charge is 0.300 e.